The smallest absolute Gasteiger partial charge is 0.229 e. The zero-order chi connectivity index (χ0) is 8.53. The molecule has 3 heteroatoms. The SMILES string of the molecule is CCCNC(=O)CSCCC. The maximum Gasteiger partial charge on any atom is 0.229 e. The summed E-state index contributed by atoms with van der Waals surface area (Å²) in [6.45, 7) is 4.99. The van der Waals surface area contributed by atoms with Crippen LogP contribution in [0, 0.1) is 0 Å². The van der Waals surface area contributed by atoms with Crippen LogP contribution in [0.15, 0.2) is 0 Å². The summed E-state index contributed by atoms with van der Waals surface area (Å²) in [5.74, 6) is 1.87. The summed E-state index contributed by atoms with van der Waals surface area (Å²) >= 11 is 1.70. The Balaban J connectivity index is 3.09. The standard InChI is InChI=1S/C8H17NOS/c1-3-5-9-8(10)7-11-6-4-2/h3-7H2,1-2H3,(H,9,10). The van der Waals surface area contributed by atoms with Crippen molar-refractivity contribution in [2.75, 3.05) is 18.1 Å². The second kappa shape index (κ2) is 7.92. The van der Waals surface area contributed by atoms with Gasteiger partial charge in [0, 0.05) is 6.54 Å². The van der Waals surface area contributed by atoms with Gasteiger partial charge in [-0.2, -0.15) is 11.8 Å². The molecule has 0 aliphatic heterocycles. The van der Waals surface area contributed by atoms with Crippen LogP contribution in [0.5, 0.6) is 0 Å². The molecule has 0 aliphatic carbocycles. The van der Waals surface area contributed by atoms with E-state index in [1.807, 2.05) is 0 Å². The van der Waals surface area contributed by atoms with Gasteiger partial charge in [0.25, 0.3) is 0 Å². The van der Waals surface area contributed by atoms with E-state index in [0.29, 0.717) is 5.75 Å². The predicted octanol–water partition coefficient (Wildman–Crippen LogP) is 1.66. The fraction of sp³-hybridized carbons (Fsp3) is 0.875. The number of thioether (sulfide) groups is 1. The lowest BCUT2D eigenvalue weighted by molar-refractivity contribution is -0.118. The van der Waals surface area contributed by atoms with Crippen molar-refractivity contribution in [3.63, 3.8) is 0 Å². The van der Waals surface area contributed by atoms with E-state index < -0.39 is 0 Å². The van der Waals surface area contributed by atoms with E-state index in [0.717, 1.165) is 25.1 Å². The lowest BCUT2D eigenvalue weighted by atomic mass is 10.5. The van der Waals surface area contributed by atoms with Crippen LogP contribution in [0.1, 0.15) is 26.7 Å². The first kappa shape index (κ1) is 10.8. The van der Waals surface area contributed by atoms with Crippen LogP contribution in [0.3, 0.4) is 0 Å². The van der Waals surface area contributed by atoms with Gasteiger partial charge in [-0.3, -0.25) is 4.79 Å². The number of hydrogen-bond donors (Lipinski definition) is 1. The molecule has 0 rings (SSSR count). The average molecular weight is 175 g/mol. The summed E-state index contributed by atoms with van der Waals surface area (Å²) < 4.78 is 0. The summed E-state index contributed by atoms with van der Waals surface area (Å²) in [4.78, 5) is 10.9. The molecule has 0 heterocycles. The molecule has 1 N–H and O–H groups in total. The van der Waals surface area contributed by atoms with Gasteiger partial charge >= 0.3 is 0 Å². The van der Waals surface area contributed by atoms with Gasteiger partial charge < -0.3 is 5.32 Å². The first-order valence-electron chi connectivity index (χ1n) is 4.15. The lowest BCUT2D eigenvalue weighted by Crippen LogP contribution is -2.25. The van der Waals surface area contributed by atoms with Crippen LogP contribution < -0.4 is 5.32 Å². The van der Waals surface area contributed by atoms with Crippen molar-refractivity contribution in [2.45, 2.75) is 26.7 Å². The summed E-state index contributed by atoms with van der Waals surface area (Å²) in [5.41, 5.74) is 0. The predicted molar refractivity (Wildman–Crippen MR) is 50.9 cm³/mol. The monoisotopic (exact) mass is 175 g/mol. The minimum atomic E-state index is 0.172. The van der Waals surface area contributed by atoms with Gasteiger partial charge in [0.05, 0.1) is 5.75 Å². The van der Waals surface area contributed by atoms with E-state index in [2.05, 4.69) is 19.2 Å². The molecular weight excluding hydrogens is 158 g/mol. The molecule has 66 valence electrons. The molecule has 0 saturated carbocycles. The highest BCUT2D eigenvalue weighted by molar-refractivity contribution is 7.99. The molecule has 0 radical (unpaired) electrons. The highest BCUT2D eigenvalue weighted by Gasteiger charge is 1.97. The van der Waals surface area contributed by atoms with Gasteiger partial charge in [-0.15, -0.1) is 0 Å². The third-order valence-corrected chi connectivity index (χ3v) is 2.32. The van der Waals surface area contributed by atoms with Gasteiger partial charge in [0.2, 0.25) is 5.91 Å². The number of hydrogen-bond acceptors (Lipinski definition) is 2. The minimum absolute atomic E-state index is 0.172. The Bertz CT molecular complexity index is 106. The summed E-state index contributed by atoms with van der Waals surface area (Å²) in [5, 5.41) is 2.83. The van der Waals surface area contributed by atoms with Crippen molar-refractivity contribution in [2.24, 2.45) is 0 Å². The first-order valence-corrected chi connectivity index (χ1v) is 5.31. The van der Waals surface area contributed by atoms with Crippen LogP contribution in [0.2, 0.25) is 0 Å². The average Bonchev–Trinajstić information content (AvgIpc) is 2.01. The maximum atomic E-state index is 10.9. The second-order valence-electron chi connectivity index (χ2n) is 2.40. The molecule has 0 aliphatic rings. The fourth-order valence-electron chi connectivity index (χ4n) is 0.625. The Kier molecular flexibility index (Phi) is 7.79. The van der Waals surface area contributed by atoms with Gasteiger partial charge in [0.1, 0.15) is 0 Å². The fourth-order valence-corrected chi connectivity index (χ4v) is 1.35. The molecule has 0 atom stereocenters. The summed E-state index contributed by atoms with van der Waals surface area (Å²) in [6.07, 6.45) is 2.16. The molecule has 0 aromatic carbocycles. The lowest BCUT2D eigenvalue weighted by Gasteiger charge is -2.01. The minimum Gasteiger partial charge on any atom is -0.355 e. The normalized spacial score (nSPS) is 9.64. The van der Waals surface area contributed by atoms with Crippen molar-refractivity contribution in [1.82, 2.24) is 5.32 Å². The third kappa shape index (κ3) is 7.72. The maximum absolute atomic E-state index is 10.9. The number of amides is 1. The van der Waals surface area contributed by atoms with Gasteiger partial charge in [-0.1, -0.05) is 13.8 Å². The van der Waals surface area contributed by atoms with Gasteiger partial charge in [-0.05, 0) is 18.6 Å². The molecule has 0 spiro atoms. The van der Waals surface area contributed by atoms with E-state index in [4.69, 9.17) is 0 Å². The molecule has 2 nitrogen and oxygen atoms in total. The molecule has 0 saturated heterocycles. The Morgan fingerprint density at radius 1 is 1.36 bits per heavy atom. The highest BCUT2D eigenvalue weighted by atomic mass is 32.2. The first-order chi connectivity index (χ1) is 5.31. The molecule has 11 heavy (non-hydrogen) atoms. The van der Waals surface area contributed by atoms with E-state index in [1.54, 1.807) is 11.8 Å². The molecule has 0 aromatic heterocycles. The third-order valence-electron chi connectivity index (χ3n) is 1.15. The van der Waals surface area contributed by atoms with E-state index in [1.165, 1.54) is 0 Å². The van der Waals surface area contributed by atoms with Crippen LogP contribution in [0.4, 0.5) is 0 Å². The summed E-state index contributed by atoms with van der Waals surface area (Å²) in [6, 6.07) is 0. The van der Waals surface area contributed by atoms with E-state index in [-0.39, 0.29) is 5.91 Å². The zero-order valence-corrected chi connectivity index (χ0v) is 8.17. The Hall–Kier alpha value is -0.180. The van der Waals surface area contributed by atoms with Crippen LogP contribution >= 0.6 is 11.8 Å². The van der Waals surface area contributed by atoms with Crippen LogP contribution in [-0.2, 0) is 4.79 Å². The largest absolute Gasteiger partial charge is 0.355 e. The Labute approximate surface area is 73.1 Å². The van der Waals surface area contributed by atoms with E-state index in [9.17, 15) is 4.79 Å². The van der Waals surface area contributed by atoms with Crippen molar-refractivity contribution in [3.05, 3.63) is 0 Å². The van der Waals surface area contributed by atoms with Gasteiger partial charge in [-0.25, -0.2) is 0 Å². The van der Waals surface area contributed by atoms with Gasteiger partial charge in [0.15, 0.2) is 0 Å². The van der Waals surface area contributed by atoms with Crippen molar-refractivity contribution in [1.29, 1.82) is 0 Å². The topological polar surface area (TPSA) is 29.1 Å². The molecule has 0 bridgehead atoms. The second-order valence-corrected chi connectivity index (χ2v) is 3.51. The Morgan fingerprint density at radius 3 is 2.64 bits per heavy atom. The van der Waals surface area contributed by atoms with Crippen molar-refractivity contribution >= 4 is 17.7 Å². The van der Waals surface area contributed by atoms with Crippen LogP contribution in [0.25, 0.3) is 0 Å². The quantitative estimate of drug-likeness (QED) is 0.622. The molecule has 1 amide bonds. The summed E-state index contributed by atoms with van der Waals surface area (Å²) in [7, 11) is 0. The Morgan fingerprint density at radius 2 is 2.09 bits per heavy atom. The number of nitrogens with one attached hydrogen (secondary N) is 1. The van der Waals surface area contributed by atoms with Crippen molar-refractivity contribution < 1.29 is 4.79 Å². The molecule has 0 fully saturated rings. The molecule has 0 aromatic rings. The zero-order valence-electron chi connectivity index (χ0n) is 7.35. The number of carbonyl (C=O) groups excluding carboxylic acids is 1. The highest BCUT2D eigenvalue weighted by Crippen LogP contribution is 2.00. The van der Waals surface area contributed by atoms with Crippen LogP contribution in [-0.4, -0.2) is 24.0 Å². The molecule has 0 unspecified atom stereocenters. The van der Waals surface area contributed by atoms with E-state index >= 15 is 0 Å². The molecular formula is C8H17NOS. The number of rotatable bonds is 6. The number of carbonyl (C=O) groups is 1. The van der Waals surface area contributed by atoms with Crippen molar-refractivity contribution in [3.8, 4) is 0 Å².